The lowest BCUT2D eigenvalue weighted by atomic mass is 10.1. The first-order valence-corrected chi connectivity index (χ1v) is 7.99. The molecule has 0 aliphatic carbocycles. The maximum Gasteiger partial charge on any atom is 0.207 e. The van der Waals surface area contributed by atoms with Crippen LogP contribution in [0.4, 0.5) is 0 Å². The van der Waals surface area contributed by atoms with Crippen LogP contribution in [0.2, 0.25) is 0 Å². The number of hydrogen-bond donors (Lipinski definition) is 2. The Kier molecular flexibility index (Phi) is 3.72. The number of hydrogen-bond acceptors (Lipinski definition) is 4. The van der Waals surface area contributed by atoms with Gasteiger partial charge in [0.1, 0.15) is 11.5 Å². The second-order valence-corrected chi connectivity index (χ2v) is 7.10. The van der Waals surface area contributed by atoms with Gasteiger partial charge in [-0.25, -0.2) is 8.42 Å². The van der Waals surface area contributed by atoms with E-state index in [9.17, 15) is 18.6 Å². The standard InChI is InChI=1S/C16H18O4S/c1-9-5-7-13(11(3)15(9)17)21(19,20)14-8-6-10(2)16(18)12(14)4/h5-8,17-18H,1-4H3. The summed E-state index contributed by atoms with van der Waals surface area (Å²) in [6.07, 6.45) is 0. The fraction of sp³-hybridized carbons (Fsp3) is 0.250. The average Bonchev–Trinajstić information content (AvgIpc) is 2.41. The SMILES string of the molecule is Cc1ccc(S(=O)(=O)c2ccc(C)c(O)c2C)c(C)c1O. The summed E-state index contributed by atoms with van der Waals surface area (Å²) in [7, 11) is -3.80. The van der Waals surface area contributed by atoms with Gasteiger partial charge in [0.15, 0.2) is 0 Å². The van der Waals surface area contributed by atoms with Gasteiger partial charge in [-0.05, 0) is 51.0 Å². The Balaban J connectivity index is 2.75. The van der Waals surface area contributed by atoms with E-state index in [1.807, 2.05) is 0 Å². The van der Waals surface area contributed by atoms with E-state index < -0.39 is 9.84 Å². The molecule has 0 aromatic heterocycles. The van der Waals surface area contributed by atoms with Gasteiger partial charge in [-0.3, -0.25) is 0 Å². The van der Waals surface area contributed by atoms with E-state index in [2.05, 4.69) is 0 Å². The third-order valence-electron chi connectivity index (χ3n) is 3.75. The minimum atomic E-state index is -3.80. The molecule has 0 atom stereocenters. The van der Waals surface area contributed by atoms with E-state index in [1.165, 1.54) is 12.1 Å². The zero-order chi connectivity index (χ0) is 15.9. The highest BCUT2D eigenvalue weighted by molar-refractivity contribution is 7.91. The van der Waals surface area contributed by atoms with Crippen molar-refractivity contribution in [2.45, 2.75) is 37.5 Å². The predicted molar refractivity (Wildman–Crippen MR) is 80.6 cm³/mol. The normalized spacial score (nSPS) is 11.6. The van der Waals surface area contributed by atoms with Crippen LogP contribution in [0.15, 0.2) is 34.1 Å². The van der Waals surface area contributed by atoms with Crippen molar-refractivity contribution in [2.75, 3.05) is 0 Å². The zero-order valence-electron chi connectivity index (χ0n) is 12.4. The molecule has 0 unspecified atom stereocenters. The lowest BCUT2D eigenvalue weighted by molar-refractivity contribution is 0.463. The first kappa shape index (κ1) is 15.4. The van der Waals surface area contributed by atoms with Gasteiger partial charge in [0.25, 0.3) is 0 Å². The minimum Gasteiger partial charge on any atom is -0.507 e. The maximum absolute atomic E-state index is 12.8. The zero-order valence-corrected chi connectivity index (χ0v) is 13.2. The van der Waals surface area contributed by atoms with Crippen molar-refractivity contribution in [3.05, 3.63) is 46.5 Å². The van der Waals surface area contributed by atoms with Crippen LogP contribution in [0.5, 0.6) is 11.5 Å². The summed E-state index contributed by atoms with van der Waals surface area (Å²) in [5.74, 6) is -0.0462. The maximum atomic E-state index is 12.8. The van der Waals surface area contributed by atoms with Crippen molar-refractivity contribution in [2.24, 2.45) is 0 Å². The molecule has 0 radical (unpaired) electrons. The summed E-state index contributed by atoms with van der Waals surface area (Å²) in [6.45, 7) is 6.56. The second-order valence-electron chi connectivity index (χ2n) is 5.21. The number of phenols is 2. The molecule has 2 aromatic carbocycles. The first-order chi connectivity index (χ1) is 9.67. The first-order valence-electron chi connectivity index (χ1n) is 6.51. The van der Waals surface area contributed by atoms with Gasteiger partial charge in [0.05, 0.1) is 9.79 Å². The molecule has 0 aliphatic rings. The number of benzene rings is 2. The van der Waals surface area contributed by atoms with Crippen molar-refractivity contribution in [1.82, 2.24) is 0 Å². The molecule has 0 heterocycles. The number of aromatic hydroxyl groups is 2. The van der Waals surface area contributed by atoms with Crippen molar-refractivity contribution in [1.29, 1.82) is 0 Å². The van der Waals surface area contributed by atoms with Gasteiger partial charge in [-0.1, -0.05) is 12.1 Å². The molecule has 0 aliphatic heterocycles. The van der Waals surface area contributed by atoms with Crippen molar-refractivity contribution < 1.29 is 18.6 Å². The van der Waals surface area contributed by atoms with Crippen LogP contribution in [0.1, 0.15) is 22.3 Å². The van der Waals surface area contributed by atoms with Crippen LogP contribution in [-0.4, -0.2) is 18.6 Å². The molecule has 0 saturated heterocycles. The van der Waals surface area contributed by atoms with Gasteiger partial charge < -0.3 is 10.2 Å². The second kappa shape index (κ2) is 5.07. The molecule has 0 fully saturated rings. The van der Waals surface area contributed by atoms with Gasteiger partial charge >= 0.3 is 0 Å². The molecule has 2 rings (SSSR count). The third-order valence-corrected chi connectivity index (χ3v) is 5.79. The highest BCUT2D eigenvalue weighted by Crippen LogP contribution is 2.35. The van der Waals surface area contributed by atoms with Gasteiger partial charge in [-0.15, -0.1) is 0 Å². The average molecular weight is 306 g/mol. The number of rotatable bonds is 2. The van der Waals surface area contributed by atoms with E-state index in [4.69, 9.17) is 0 Å². The summed E-state index contributed by atoms with van der Waals surface area (Å²) >= 11 is 0. The largest absolute Gasteiger partial charge is 0.507 e. The Hall–Kier alpha value is -2.01. The lowest BCUT2D eigenvalue weighted by Gasteiger charge is -2.14. The van der Waals surface area contributed by atoms with Gasteiger partial charge in [0.2, 0.25) is 9.84 Å². The molecule has 4 nitrogen and oxygen atoms in total. The van der Waals surface area contributed by atoms with Crippen molar-refractivity contribution in [3.63, 3.8) is 0 Å². The quantitative estimate of drug-likeness (QED) is 0.893. The molecule has 0 bridgehead atoms. The Bertz CT molecular complexity index is 757. The minimum absolute atomic E-state index is 0.0231. The van der Waals surface area contributed by atoms with Gasteiger partial charge in [0, 0.05) is 11.1 Å². The van der Waals surface area contributed by atoms with Crippen LogP contribution < -0.4 is 0 Å². The molecule has 0 amide bonds. The third kappa shape index (κ3) is 2.38. The lowest BCUT2D eigenvalue weighted by Crippen LogP contribution is -2.07. The van der Waals surface area contributed by atoms with Crippen LogP contribution in [-0.2, 0) is 9.84 Å². The monoisotopic (exact) mass is 306 g/mol. The Labute approximate surface area is 124 Å². The van der Waals surface area contributed by atoms with Crippen LogP contribution in [0, 0.1) is 27.7 Å². The molecule has 2 N–H and O–H groups in total. The summed E-state index contributed by atoms with van der Waals surface area (Å²) in [6, 6.07) is 6.10. The number of sulfone groups is 1. The van der Waals surface area contributed by atoms with Crippen LogP contribution in [0.3, 0.4) is 0 Å². The smallest absolute Gasteiger partial charge is 0.207 e. The van der Waals surface area contributed by atoms with Crippen LogP contribution in [0.25, 0.3) is 0 Å². The predicted octanol–water partition coefficient (Wildman–Crippen LogP) is 3.16. The highest BCUT2D eigenvalue weighted by atomic mass is 32.2. The highest BCUT2D eigenvalue weighted by Gasteiger charge is 2.25. The summed E-state index contributed by atoms with van der Waals surface area (Å²) in [5, 5.41) is 19.9. The van der Waals surface area contributed by atoms with E-state index in [-0.39, 0.29) is 21.3 Å². The molecule has 21 heavy (non-hydrogen) atoms. The molecule has 0 spiro atoms. The Morgan fingerprint density at radius 2 is 1.05 bits per heavy atom. The fourth-order valence-electron chi connectivity index (χ4n) is 2.33. The summed E-state index contributed by atoms with van der Waals surface area (Å²) in [5.41, 5.74) is 1.87. The number of aryl methyl sites for hydroxylation is 2. The van der Waals surface area contributed by atoms with Crippen molar-refractivity contribution in [3.8, 4) is 11.5 Å². The molecule has 2 aromatic rings. The Morgan fingerprint density at radius 1 is 0.714 bits per heavy atom. The van der Waals surface area contributed by atoms with E-state index in [0.717, 1.165) is 0 Å². The van der Waals surface area contributed by atoms with E-state index >= 15 is 0 Å². The molecule has 112 valence electrons. The van der Waals surface area contributed by atoms with Crippen molar-refractivity contribution >= 4 is 9.84 Å². The molecule has 5 heteroatoms. The fourth-order valence-corrected chi connectivity index (χ4v) is 4.07. The topological polar surface area (TPSA) is 74.6 Å². The molecular formula is C16H18O4S. The molecular weight excluding hydrogens is 288 g/mol. The summed E-state index contributed by atoms with van der Waals surface area (Å²) < 4.78 is 25.6. The van der Waals surface area contributed by atoms with E-state index in [0.29, 0.717) is 22.3 Å². The van der Waals surface area contributed by atoms with E-state index in [1.54, 1.807) is 39.8 Å². The number of phenolic OH excluding ortho intramolecular Hbond substituents is 2. The van der Waals surface area contributed by atoms with Gasteiger partial charge in [-0.2, -0.15) is 0 Å². The van der Waals surface area contributed by atoms with Crippen LogP contribution >= 0.6 is 0 Å². The molecule has 0 saturated carbocycles. The Morgan fingerprint density at radius 3 is 1.38 bits per heavy atom. The summed E-state index contributed by atoms with van der Waals surface area (Å²) in [4.78, 5) is 0.105.